The zero-order chi connectivity index (χ0) is 8.10. The maximum atomic E-state index is 5.96. The van der Waals surface area contributed by atoms with E-state index in [0.717, 1.165) is 32.0 Å². The van der Waals surface area contributed by atoms with Gasteiger partial charge in [0.2, 0.25) is 0 Å². The molecule has 1 nitrogen and oxygen atoms in total. The molecule has 0 amide bonds. The fraction of sp³-hybridized carbons (Fsp3) is 1.00. The van der Waals surface area contributed by atoms with Crippen LogP contribution >= 0.6 is 11.6 Å². The van der Waals surface area contributed by atoms with Crippen LogP contribution < -0.4 is 0 Å². The van der Waals surface area contributed by atoms with E-state index in [1.54, 1.807) is 0 Å². The highest BCUT2D eigenvalue weighted by Crippen LogP contribution is 2.29. The predicted octanol–water partition coefficient (Wildman–Crippen LogP) is 2.82. The summed E-state index contributed by atoms with van der Waals surface area (Å²) in [7, 11) is 0. The minimum atomic E-state index is 0.422. The van der Waals surface area contributed by atoms with Crippen LogP contribution in [-0.4, -0.2) is 18.6 Å². The second-order valence-corrected chi connectivity index (χ2v) is 3.97. The maximum absolute atomic E-state index is 5.96. The zero-order valence-corrected chi connectivity index (χ0v) is 7.94. The van der Waals surface area contributed by atoms with Gasteiger partial charge < -0.3 is 4.74 Å². The lowest BCUT2D eigenvalue weighted by Gasteiger charge is -2.08. The third-order valence-electron chi connectivity index (χ3n) is 2.18. The Bertz CT molecular complexity index is 106. The SMILES string of the molecule is CCCOCC1CCC(Cl)C1. The molecule has 0 aromatic carbocycles. The van der Waals surface area contributed by atoms with Gasteiger partial charge in [0, 0.05) is 18.6 Å². The molecule has 0 aromatic heterocycles. The molecule has 0 saturated heterocycles. The quantitative estimate of drug-likeness (QED) is 0.473. The number of rotatable bonds is 4. The van der Waals surface area contributed by atoms with Crippen molar-refractivity contribution < 1.29 is 4.74 Å². The highest BCUT2D eigenvalue weighted by molar-refractivity contribution is 6.20. The molecular weight excluding hydrogens is 160 g/mol. The lowest BCUT2D eigenvalue weighted by molar-refractivity contribution is 0.102. The third kappa shape index (κ3) is 3.44. The average Bonchev–Trinajstić information content (AvgIpc) is 2.37. The van der Waals surface area contributed by atoms with Gasteiger partial charge in [-0.05, 0) is 31.6 Å². The minimum Gasteiger partial charge on any atom is -0.381 e. The summed E-state index contributed by atoms with van der Waals surface area (Å²) < 4.78 is 5.46. The average molecular weight is 177 g/mol. The largest absolute Gasteiger partial charge is 0.381 e. The zero-order valence-electron chi connectivity index (χ0n) is 7.18. The fourth-order valence-electron chi connectivity index (χ4n) is 1.56. The Morgan fingerprint density at radius 2 is 2.27 bits per heavy atom. The molecule has 2 atom stereocenters. The molecule has 0 spiro atoms. The van der Waals surface area contributed by atoms with Gasteiger partial charge in [0.25, 0.3) is 0 Å². The predicted molar refractivity (Wildman–Crippen MR) is 48.1 cm³/mol. The molecule has 66 valence electrons. The molecule has 1 rings (SSSR count). The van der Waals surface area contributed by atoms with Crippen molar-refractivity contribution in [1.82, 2.24) is 0 Å². The number of hydrogen-bond donors (Lipinski definition) is 0. The monoisotopic (exact) mass is 176 g/mol. The summed E-state index contributed by atoms with van der Waals surface area (Å²) in [6.45, 7) is 3.97. The number of ether oxygens (including phenoxy) is 1. The molecule has 1 aliphatic carbocycles. The van der Waals surface area contributed by atoms with Gasteiger partial charge in [-0.3, -0.25) is 0 Å². The molecule has 1 fully saturated rings. The van der Waals surface area contributed by atoms with Gasteiger partial charge in [0.1, 0.15) is 0 Å². The summed E-state index contributed by atoms with van der Waals surface area (Å²) in [5, 5.41) is 0.422. The molecule has 11 heavy (non-hydrogen) atoms. The van der Waals surface area contributed by atoms with E-state index in [9.17, 15) is 0 Å². The Balaban J connectivity index is 1.99. The molecule has 0 bridgehead atoms. The Labute approximate surface area is 74.1 Å². The first kappa shape index (κ1) is 9.34. The highest BCUT2D eigenvalue weighted by Gasteiger charge is 2.22. The van der Waals surface area contributed by atoms with E-state index in [1.165, 1.54) is 12.8 Å². The lowest BCUT2D eigenvalue weighted by atomic mass is 10.1. The van der Waals surface area contributed by atoms with Gasteiger partial charge in [0.15, 0.2) is 0 Å². The first-order valence-corrected chi connectivity index (χ1v) is 4.98. The van der Waals surface area contributed by atoms with Crippen LogP contribution in [0.5, 0.6) is 0 Å². The second kappa shape index (κ2) is 5.00. The molecule has 0 heterocycles. The molecule has 2 heteroatoms. The fourth-order valence-corrected chi connectivity index (χ4v) is 1.94. The van der Waals surface area contributed by atoms with Crippen LogP contribution in [0.25, 0.3) is 0 Å². The van der Waals surface area contributed by atoms with Crippen molar-refractivity contribution >= 4 is 11.6 Å². The van der Waals surface area contributed by atoms with Crippen LogP contribution in [0, 0.1) is 5.92 Å². The molecule has 0 aromatic rings. The van der Waals surface area contributed by atoms with Crippen molar-refractivity contribution in [2.45, 2.75) is 38.0 Å². The van der Waals surface area contributed by atoms with E-state index < -0.39 is 0 Å². The topological polar surface area (TPSA) is 9.23 Å². The van der Waals surface area contributed by atoms with Crippen molar-refractivity contribution in [3.8, 4) is 0 Å². The standard InChI is InChI=1S/C9H17ClO/c1-2-5-11-7-8-3-4-9(10)6-8/h8-9H,2-7H2,1H3. The van der Waals surface area contributed by atoms with Crippen LogP contribution in [0.1, 0.15) is 32.6 Å². The molecular formula is C9H17ClO. The molecule has 1 aliphatic rings. The Hall–Kier alpha value is 0.250. The van der Waals surface area contributed by atoms with Gasteiger partial charge in [-0.1, -0.05) is 6.92 Å². The molecule has 0 radical (unpaired) electrons. The summed E-state index contributed by atoms with van der Waals surface area (Å²) in [6, 6.07) is 0. The van der Waals surface area contributed by atoms with Gasteiger partial charge >= 0.3 is 0 Å². The van der Waals surface area contributed by atoms with Crippen molar-refractivity contribution in [2.24, 2.45) is 5.92 Å². The van der Waals surface area contributed by atoms with Crippen molar-refractivity contribution in [2.75, 3.05) is 13.2 Å². The molecule has 2 unspecified atom stereocenters. The number of halogens is 1. The smallest absolute Gasteiger partial charge is 0.0494 e. The van der Waals surface area contributed by atoms with Crippen LogP contribution in [0.15, 0.2) is 0 Å². The highest BCUT2D eigenvalue weighted by atomic mass is 35.5. The Kier molecular flexibility index (Phi) is 4.24. The maximum Gasteiger partial charge on any atom is 0.0494 e. The van der Waals surface area contributed by atoms with Crippen LogP contribution in [0.3, 0.4) is 0 Å². The van der Waals surface area contributed by atoms with Gasteiger partial charge in [0.05, 0.1) is 0 Å². The van der Waals surface area contributed by atoms with Crippen molar-refractivity contribution in [1.29, 1.82) is 0 Å². The van der Waals surface area contributed by atoms with Crippen LogP contribution in [-0.2, 0) is 4.74 Å². The first-order chi connectivity index (χ1) is 5.33. The van der Waals surface area contributed by atoms with E-state index >= 15 is 0 Å². The summed E-state index contributed by atoms with van der Waals surface area (Å²) in [6.07, 6.45) is 4.72. The van der Waals surface area contributed by atoms with E-state index in [-0.39, 0.29) is 0 Å². The van der Waals surface area contributed by atoms with Crippen LogP contribution in [0.2, 0.25) is 0 Å². The lowest BCUT2D eigenvalue weighted by Crippen LogP contribution is -2.06. The summed E-state index contributed by atoms with van der Waals surface area (Å²) >= 11 is 5.96. The molecule has 0 aliphatic heterocycles. The normalized spacial score (nSPS) is 31.1. The Morgan fingerprint density at radius 1 is 1.45 bits per heavy atom. The molecule has 0 N–H and O–H groups in total. The molecule has 1 saturated carbocycles. The van der Waals surface area contributed by atoms with E-state index in [2.05, 4.69) is 6.92 Å². The van der Waals surface area contributed by atoms with Crippen molar-refractivity contribution in [3.63, 3.8) is 0 Å². The summed E-state index contributed by atoms with van der Waals surface area (Å²) in [5.41, 5.74) is 0. The third-order valence-corrected chi connectivity index (χ3v) is 2.58. The van der Waals surface area contributed by atoms with Gasteiger partial charge in [-0.2, -0.15) is 0 Å². The minimum absolute atomic E-state index is 0.422. The van der Waals surface area contributed by atoms with Crippen LogP contribution in [0.4, 0.5) is 0 Å². The van der Waals surface area contributed by atoms with Crippen molar-refractivity contribution in [3.05, 3.63) is 0 Å². The second-order valence-electron chi connectivity index (χ2n) is 3.35. The van der Waals surface area contributed by atoms with E-state index in [4.69, 9.17) is 16.3 Å². The van der Waals surface area contributed by atoms with E-state index in [0.29, 0.717) is 5.38 Å². The Morgan fingerprint density at radius 3 is 2.82 bits per heavy atom. The first-order valence-electron chi connectivity index (χ1n) is 4.54. The summed E-state index contributed by atoms with van der Waals surface area (Å²) in [5.74, 6) is 0.740. The van der Waals surface area contributed by atoms with E-state index in [1.807, 2.05) is 0 Å². The summed E-state index contributed by atoms with van der Waals surface area (Å²) in [4.78, 5) is 0. The number of hydrogen-bond acceptors (Lipinski definition) is 1. The van der Waals surface area contributed by atoms with Gasteiger partial charge in [-0.15, -0.1) is 11.6 Å². The number of alkyl halides is 1. The van der Waals surface area contributed by atoms with Gasteiger partial charge in [-0.25, -0.2) is 0 Å².